The first kappa shape index (κ1) is 57.8. The Morgan fingerprint density at radius 3 is 1.74 bits per heavy atom. The van der Waals surface area contributed by atoms with Gasteiger partial charge in [0.05, 0.1) is 47.0 Å². The third-order valence-corrected chi connectivity index (χ3v) is 19.7. The molecule has 84 heavy (non-hydrogen) atoms. The maximum absolute atomic E-state index is 16.1. The molecule has 6 aromatic carbocycles. The number of nitrogens with two attached hydrogens (primary N) is 1. The van der Waals surface area contributed by atoms with Crippen LogP contribution in [0.25, 0.3) is 10.9 Å². The Bertz CT molecular complexity index is 3900. The number of carbonyl (C=O) groups excluding carboxylic acids is 4. The van der Waals surface area contributed by atoms with Crippen LogP contribution in [0.4, 0.5) is 25.8 Å². The number of rotatable bonds is 9. The number of benzene rings is 6. The van der Waals surface area contributed by atoms with E-state index in [1.807, 2.05) is 28.9 Å². The molecular weight excluding hydrogens is 1160 g/mol. The number of hydrogen-bond acceptors (Lipinski definition) is 11. The van der Waals surface area contributed by atoms with Crippen molar-refractivity contribution in [2.24, 2.45) is 11.8 Å². The lowest BCUT2D eigenvalue weighted by Gasteiger charge is -2.41. The number of hydrogen-bond donors (Lipinski definition) is 4. The zero-order chi connectivity index (χ0) is 56.8. The summed E-state index contributed by atoms with van der Waals surface area (Å²) in [4.78, 5) is 57.6. The molecule has 1 aromatic heterocycles. The summed E-state index contributed by atoms with van der Waals surface area (Å²) < 4.78 is 43.8. The van der Waals surface area contributed by atoms with Crippen LogP contribution < -0.4 is 21.7 Å². The van der Waals surface area contributed by atoms with Gasteiger partial charge in [0.2, 0.25) is 11.8 Å². The first-order valence-electron chi connectivity index (χ1n) is 27.5. The van der Waals surface area contributed by atoms with E-state index in [-0.39, 0.29) is 66.9 Å². The molecule has 5 fully saturated rings. The van der Waals surface area contributed by atoms with E-state index in [2.05, 4.69) is 25.8 Å². The number of aromatic nitrogens is 2. The highest BCUT2D eigenvalue weighted by Gasteiger charge is 2.71. The van der Waals surface area contributed by atoms with Crippen LogP contribution in [0.15, 0.2) is 109 Å². The Hall–Kier alpha value is -6.63. The van der Waals surface area contributed by atoms with Gasteiger partial charge in [-0.05, 0) is 121 Å². The molecule has 0 radical (unpaired) electrons. The molecule has 436 valence electrons. The van der Waals surface area contributed by atoms with Crippen molar-refractivity contribution >= 4 is 98.1 Å². The largest absolute Gasteiger partial charge is 0.465 e. The summed E-state index contributed by atoms with van der Waals surface area (Å²) in [6, 6.07) is 30.4. The summed E-state index contributed by atoms with van der Waals surface area (Å²) >= 11 is 25.4. The van der Waals surface area contributed by atoms with Gasteiger partial charge in [-0.1, -0.05) is 110 Å². The van der Waals surface area contributed by atoms with E-state index in [4.69, 9.17) is 66.7 Å². The molecule has 6 aliphatic heterocycles. The number of amides is 2. The van der Waals surface area contributed by atoms with Crippen LogP contribution in [0.3, 0.4) is 0 Å². The normalized spacial score (nSPS) is 26.8. The van der Waals surface area contributed by atoms with Gasteiger partial charge in [-0.25, -0.2) is 18.4 Å². The van der Waals surface area contributed by atoms with Crippen molar-refractivity contribution in [1.82, 2.24) is 24.9 Å². The number of fused-ring (bicyclic) bond motifs is 10. The van der Waals surface area contributed by atoms with Crippen LogP contribution >= 0.6 is 46.4 Å². The molecule has 15 rings (SSSR count). The maximum Gasteiger partial charge on any atom is 0.337 e. The number of halogens is 6. The van der Waals surface area contributed by atoms with E-state index in [1.165, 1.54) is 26.4 Å². The van der Waals surface area contributed by atoms with Gasteiger partial charge < -0.3 is 31.2 Å². The quantitative estimate of drug-likeness (QED) is 0.0800. The Morgan fingerprint density at radius 2 is 1.19 bits per heavy atom. The van der Waals surface area contributed by atoms with Crippen LogP contribution in [0.5, 0.6) is 0 Å². The molecule has 5 N–H and O–H groups in total. The fourth-order valence-corrected chi connectivity index (χ4v) is 15.7. The number of ether oxygens (including phenoxy) is 2. The van der Waals surface area contributed by atoms with Crippen molar-refractivity contribution in [3.8, 4) is 0 Å². The minimum atomic E-state index is -1.18. The zero-order valence-electron chi connectivity index (χ0n) is 44.3. The number of methoxy groups -OCH3 is 2. The lowest BCUT2D eigenvalue weighted by Crippen LogP contribution is -2.53. The van der Waals surface area contributed by atoms with Crippen LogP contribution in [0.2, 0.25) is 20.1 Å². The number of nitrogens with one attached hydrogen (secondary N) is 3. The second-order valence-corrected chi connectivity index (χ2v) is 24.7. The lowest BCUT2D eigenvalue weighted by atomic mass is 9.73. The summed E-state index contributed by atoms with van der Waals surface area (Å²) in [7, 11) is 2.68. The fourth-order valence-electron chi connectivity index (χ4n) is 15.0. The third kappa shape index (κ3) is 8.66. The summed E-state index contributed by atoms with van der Waals surface area (Å²) in [5.74, 6) is -2.63. The van der Waals surface area contributed by atoms with E-state index in [9.17, 15) is 19.2 Å². The van der Waals surface area contributed by atoms with Crippen LogP contribution in [0.1, 0.15) is 125 Å². The molecule has 2 spiro atoms. The predicted octanol–water partition coefficient (Wildman–Crippen LogP) is 13.0. The Kier molecular flexibility index (Phi) is 14.7. The molecule has 9 atom stereocenters. The van der Waals surface area contributed by atoms with Gasteiger partial charge in [0.1, 0.15) is 22.7 Å². The van der Waals surface area contributed by atoms with Crippen molar-refractivity contribution < 1.29 is 37.4 Å². The van der Waals surface area contributed by atoms with Gasteiger partial charge in [0, 0.05) is 105 Å². The first-order valence-corrected chi connectivity index (χ1v) is 29.0. The average molecular weight is 1220 g/mol. The summed E-state index contributed by atoms with van der Waals surface area (Å²) in [5, 5.41) is 16.9. The van der Waals surface area contributed by atoms with Crippen LogP contribution in [-0.2, 0) is 36.6 Å². The summed E-state index contributed by atoms with van der Waals surface area (Å²) in [6.07, 6.45) is 5.65. The highest BCUT2D eigenvalue weighted by Crippen LogP contribution is 2.65. The Labute approximate surface area is 505 Å². The number of nitrogen functional groups attached to an aromatic ring is 1. The van der Waals surface area contributed by atoms with Gasteiger partial charge in [-0.15, -0.1) is 0 Å². The van der Waals surface area contributed by atoms with Gasteiger partial charge in [-0.3, -0.25) is 24.1 Å². The molecule has 20 heteroatoms. The zero-order valence-corrected chi connectivity index (χ0v) is 47.4. The van der Waals surface area contributed by atoms with Gasteiger partial charge in [0.15, 0.2) is 0 Å². The molecule has 7 heterocycles. The number of esters is 2. The summed E-state index contributed by atoms with van der Waals surface area (Å²) in [6.45, 7) is 1.42. The Balaban J connectivity index is 0.000000161. The lowest BCUT2D eigenvalue weighted by molar-refractivity contribution is -0.128. The van der Waals surface area contributed by atoms with Crippen molar-refractivity contribution in [3.05, 3.63) is 186 Å². The minimum absolute atomic E-state index is 0. The smallest absolute Gasteiger partial charge is 0.337 e. The SMILES string of the molecule is C.C.COC(=O)c1ccc(C2C[C@H]3[C@@H](N2)[C@H](c2cccc(Cl)c2F)[C@]2(C(=O)Nc4cc(Cl)ccc42)N3CC2CC2)c(N)c1.COC(=O)c1ccc2c3n(nc2c1)[C@@H]1[C@H](C3)N(CC2CC2)[C@@]2(C(=O)Nc3cc(Cl)ccc32)[C@H]1c1cccc(Cl)c1F. The second kappa shape index (κ2) is 21.4. The molecule has 1 unspecified atom stereocenters. The summed E-state index contributed by atoms with van der Waals surface area (Å²) in [5.41, 5.74) is 11.5. The van der Waals surface area contributed by atoms with Crippen molar-refractivity contribution in [1.29, 1.82) is 0 Å². The number of nitrogens with zero attached hydrogens (tertiary/aromatic N) is 4. The second-order valence-electron chi connectivity index (χ2n) is 23.0. The molecule has 3 saturated heterocycles. The molecule has 2 saturated carbocycles. The van der Waals surface area contributed by atoms with Crippen molar-refractivity contribution in [2.45, 2.75) is 107 Å². The van der Waals surface area contributed by atoms with E-state index in [0.29, 0.717) is 92.6 Å². The monoisotopic (exact) mass is 1220 g/mol. The first-order chi connectivity index (χ1) is 39.6. The molecular formula is C64H62Cl4F2N8O6. The van der Waals surface area contributed by atoms with E-state index in [0.717, 1.165) is 53.5 Å². The average Bonchev–Trinajstić information content (AvgIpc) is 1.53. The third-order valence-electron chi connectivity index (χ3n) is 18.7. The van der Waals surface area contributed by atoms with Crippen molar-refractivity contribution in [3.63, 3.8) is 0 Å². The molecule has 2 aliphatic carbocycles. The topological polar surface area (TPSA) is 173 Å². The molecule has 0 bridgehead atoms. The molecule has 14 nitrogen and oxygen atoms in total. The number of anilines is 3. The van der Waals surface area contributed by atoms with Crippen LogP contribution in [0, 0.1) is 23.5 Å². The number of carbonyl (C=O) groups is 4. The Morgan fingerprint density at radius 1 is 0.667 bits per heavy atom. The van der Waals surface area contributed by atoms with Gasteiger partial charge in [0.25, 0.3) is 0 Å². The maximum atomic E-state index is 16.1. The molecule has 8 aliphatic rings. The van der Waals surface area contributed by atoms with Crippen molar-refractivity contribution in [2.75, 3.05) is 43.7 Å². The van der Waals surface area contributed by atoms with Crippen LogP contribution in [-0.4, -0.2) is 88.8 Å². The van der Waals surface area contributed by atoms with Gasteiger partial charge in [-0.2, -0.15) is 5.10 Å². The van der Waals surface area contributed by atoms with E-state index in [1.54, 1.807) is 72.8 Å². The highest BCUT2D eigenvalue weighted by atomic mass is 35.5. The van der Waals surface area contributed by atoms with E-state index >= 15 is 8.78 Å². The number of likely N-dealkylation sites (tertiary alicyclic amines) is 2. The standard InChI is InChI=1S/C31H25Cl2FN4O3.C31H29Cl2FN4O3.2CH4/c1-41-29(39)16-7-9-18-22(11-16)36-38-24(18)13-25-28(38)26(19-3-2-4-21(33)27(19)34)31(37(25)14-15-5-6-15)20-10-8-17(32)12-23(20)35-30(31)40;1-41-29(39)16-7-9-18(22(35)11-16)23-13-25-28(36-23)26(19-3-2-4-21(33)27(19)34)31(38(25)14-15-5-6-15)20-10-8-17(32)12-24(20)37-30(31)40;;/h2-4,7-12,15,25-26,28H,5-6,13-14H2,1H3,(H,35,40);2-4,7-12,15,23,25-26,28,36H,5-6,13-14,35H2,1H3,(H,37,40);2*1H4/t25-,26-,28+,31+;23?,25-,26-,28+,31+;;/m00../s1. The highest BCUT2D eigenvalue weighted by molar-refractivity contribution is 6.32. The fraction of sp³-hybridized carbons (Fsp3) is 0.359. The molecule has 7 aromatic rings. The minimum Gasteiger partial charge on any atom is -0.465 e. The van der Waals surface area contributed by atoms with E-state index < -0.39 is 46.5 Å². The predicted molar refractivity (Wildman–Crippen MR) is 322 cm³/mol. The van der Waals surface area contributed by atoms with Gasteiger partial charge >= 0.3 is 11.9 Å². The molecule has 2 amide bonds.